The summed E-state index contributed by atoms with van der Waals surface area (Å²) in [7, 11) is 1.71. The van der Waals surface area contributed by atoms with Crippen molar-refractivity contribution in [2.75, 3.05) is 33.4 Å². The number of halogens is 1. The number of aromatic amines is 1. The first-order valence-corrected chi connectivity index (χ1v) is 13.0. The molecule has 35 heavy (non-hydrogen) atoms. The number of unbranched alkanes of at least 4 members (excludes halogenated alkanes) is 1. The lowest BCUT2D eigenvalue weighted by atomic mass is 9.86. The highest BCUT2D eigenvalue weighted by atomic mass is 35.5. The van der Waals surface area contributed by atoms with Gasteiger partial charge in [0.25, 0.3) is 5.56 Å². The predicted octanol–water partition coefficient (Wildman–Crippen LogP) is 3.85. The third-order valence-corrected chi connectivity index (χ3v) is 8.76. The molecular formula is C25H25ClN4O4S. The summed E-state index contributed by atoms with van der Waals surface area (Å²) >= 11 is 7.54. The van der Waals surface area contributed by atoms with Crippen molar-refractivity contribution in [3.05, 3.63) is 61.9 Å². The molecule has 0 aliphatic carbocycles. The monoisotopic (exact) mass is 512 g/mol. The van der Waals surface area contributed by atoms with Gasteiger partial charge in [-0.1, -0.05) is 17.7 Å². The van der Waals surface area contributed by atoms with Crippen LogP contribution in [0, 0.1) is 5.92 Å². The van der Waals surface area contributed by atoms with Gasteiger partial charge in [0.15, 0.2) is 0 Å². The average molecular weight is 513 g/mol. The quantitative estimate of drug-likeness (QED) is 0.395. The Morgan fingerprint density at radius 1 is 1.20 bits per heavy atom. The minimum absolute atomic E-state index is 0.282. The molecule has 0 spiro atoms. The van der Waals surface area contributed by atoms with Crippen molar-refractivity contribution in [1.29, 1.82) is 0 Å². The smallest absolute Gasteiger partial charge is 0.328 e. The molecule has 0 radical (unpaired) electrons. The molecule has 1 aromatic carbocycles. The lowest BCUT2D eigenvalue weighted by Gasteiger charge is -2.29. The van der Waals surface area contributed by atoms with E-state index in [0.717, 1.165) is 50.6 Å². The second-order valence-electron chi connectivity index (χ2n) is 9.18. The summed E-state index contributed by atoms with van der Waals surface area (Å²) in [5, 5.41) is 0.528. The molecule has 1 fully saturated rings. The van der Waals surface area contributed by atoms with E-state index in [-0.39, 0.29) is 5.56 Å². The number of pyridine rings is 1. The normalized spacial score (nSPS) is 19.6. The first-order valence-electron chi connectivity index (χ1n) is 11.8. The van der Waals surface area contributed by atoms with Crippen molar-refractivity contribution in [1.82, 2.24) is 19.4 Å². The molecular weight excluding hydrogens is 488 g/mol. The van der Waals surface area contributed by atoms with Crippen LogP contribution in [0.25, 0.3) is 20.4 Å². The number of likely N-dealkylation sites (tertiary alicyclic amines) is 1. The Kier molecular flexibility index (Phi) is 5.78. The number of rotatable bonds is 6. The number of H-pyrrole nitrogens is 1. The van der Waals surface area contributed by atoms with Gasteiger partial charge >= 0.3 is 5.69 Å². The molecule has 2 atom stereocenters. The highest BCUT2D eigenvalue weighted by Gasteiger charge is 2.40. The van der Waals surface area contributed by atoms with E-state index >= 15 is 0 Å². The van der Waals surface area contributed by atoms with E-state index in [1.807, 2.05) is 18.2 Å². The van der Waals surface area contributed by atoms with Crippen molar-refractivity contribution in [2.45, 2.75) is 25.3 Å². The summed E-state index contributed by atoms with van der Waals surface area (Å²) in [4.78, 5) is 35.4. The number of nitrogens with one attached hydrogen (secondary N) is 1. The van der Waals surface area contributed by atoms with Gasteiger partial charge in [0.05, 0.1) is 29.0 Å². The molecule has 1 saturated heterocycles. The van der Waals surface area contributed by atoms with Crippen molar-refractivity contribution in [3.8, 4) is 11.5 Å². The summed E-state index contributed by atoms with van der Waals surface area (Å²) in [6.07, 6.45) is 3.21. The van der Waals surface area contributed by atoms with Crippen LogP contribution in [0.5, 0.6) is 11.5 Å². The fraction of sp³-hybridized carbons (Fsp3) is 0.400. The van der Waals surface area contributed by atoms with E-state index in [4.69, 9.17) is 21.1 Å². The highest BCUT2D eigenvalue weighted by molar-refractivity contribution is 7.26. The third-order valence-electron chi connectivity index (χ3n) is 7.13. The minimum atomic E-state index is -0.406. The van der Waals surface area contributed by atoms with E-state index < -0.39 is 5.69 Å². The number of thiophene rings is 1. The number of nitrogens with zero attached hydrogens (tertiary/aromatic N) is 3. The van der Waals surface area contributed by atoms with Crippen molar-refractivity contribution >= 4 is 43.4 Å². The first kappa shape index (κ1) is 22.6. The molecule has 182 valence electrons. The van der Waals surface area contributed by atoms with Gasteiger partial charge in [-0.2, -0.15) is 0 Å². The van der Waals surface area contributed by atoms with Gasteiger partial charge in [-0.05, 0) is 37.6 Å². The van der Waals surface area contributed by atoms with Crippen molar-refractivity contribution < 1.29 is 9.47 Å². The van der Waals surface area contributed by atoms with Gasteiger partial charge < -0.3 is 19.4 Å². The number of benzene rings is 1. The van der Waals surface area contributed by atoms with Gasteiger partial charge in [0.2, 0.25) is 0 Å². The van der Waals surface area contributed by atoms with E-state index in [9.17, 15) is 9.59 Å². The molecule has 0 amide bonds. The minimum Gasteiger partial charge on any atom is -0.496 e. The zero-order chi connectivity index (χ0) is 24.1. The van der Waals surface area contributed by atoms with Crippen LogP contribution in [0.4, 0.5) is 0 Å². The summed E-state index contributed by atoms with van der Waals surface area (Å²) in [6, 6.07) is 7.67. The van der Waals surface area contributed by atoms with Gasteiger partial charge in [-0.3, -0.25) is 14.3 Å². The second kappa shape index (κ2) is 8.96. The number of ether oxygens (including phenoxy) is 2. The van der Waals surface area contributed by atoms with E-state index in [0.29, 0.717) is 43.8 Å². The maximum atomic E-state index is 13.1. The number of hydrogen-bond donors (Lipinski definition) is 1. The van der Waals surface area contributed by atoms with Crippen LogP contribution in [0.15, 0.2) is 40.1 Å². The largest absolute Gasteiger partial charge is 0.496 e. The standard InChI is InChI=1S/C25H25ClN4O4S/c1-33-17-5-4-6-18-19(17)15-12-29(11-14(15)13-34-18)9-2-3-10-30-24(31)23-21(28-25(30)32)20-22(35-23)16(26)7-8-27-20/h4-8,14-15H,2-3,9-13H2,1H3,(H,28,32)/t14-,15+/m0/s1. The molecule has 2 aliphatic rings. The van der Waals surface area contributed by atoms with Gasteiger partial charge in [0.1, 0.15) is 21.7 Å². The topological polar surface area (TPSA) is 89.5 Å². The first-order chi connectivity index (χ1) is 17.0. The Labute approximate surface area is 210 Å². The number of methoxy groups -OCH3 is 1. The molecule has 3 aromatic heterocycles. The molecule has 4 aromatic rings. The summed E-state index contributed by atoms with van der Waals surface area (Å²) in [5.74, 6) is 2.67. The Bertz CT molecular complexity index is 1530. The zero-order valence-corrected chi connectivity index (χ0v) is 20.8. The molecule has 1 N–H and O–H groups in total. The Morgan fingerprint density at radius 2 is 2.06 bits per heavy atom. The van der Waals surface area contributed by atoms with Crippen molar-refractivity contribution in [3.63, 3.8) is 0 Å². The summed E-state index contributed by atoms with van der Waals surface area (Å²) in [5.41, 5.74) is 1.53. The molecule has 0 unspecified atom stereocenters. The lowest BCUT2D eigenvalue weighted by molar-refractivity contribution is 0.209. The molecule has 6 rings (SSSR count). The van der Waals surface area contributed by atoms with Crippen LogP contribution in [0.2, 0.25) is 5.02 Å². The number of hydrogen-bond acceptors (Lipinski definition) is 7. The van der Waals surface area contributed by atoms with Crippen LogP contribution in [-0.4, -0.2) is 52.8 Å². The lowest BCUT2D eigenvalue weighted by Crippen LogP contribution is -2.34. The van der Waals surface area contributed by atoms with Crippen molar-refractivity contribution in [2.24, 2.45) is 5.92 Å². The average Bonchev–Trinajstić information content (AvgIpc) is 3.45. The Balaban J connectivity index is 1.13. The number of aromatic nitrogens is 3. The van der Waals surface area contributed by atoms with Crippen LogP contribution >= 0.6 is 22.9 Å². The van der Waals surface area contributed by atoms with Crippen LogP contribution in [0.3, 0.4) is 0 Å². The Hall–Kier alpha value is -2.88. The SMILES string of the molecule is COc1cccc2c1[C@@H]1CN(CCCCn3c(=O)[nH]c4c(sc5c(Cl)ccnc54)c3=O)C[C@H]1CO2. The van der Waals surface area contributed by atoms with E-state index in [2.05, 4.69) is 14.9 Å². The van der Waals surface area contributed by atoms with Crippen LogP contribution in [0.1, 0.15) is 24.3 Å². The molecule has 10 heteroatoms. The van der Waals surface area contributed by atoms with E-state index in [1.165, 1.54) is 21.5 Å². The maximum Gasteiger partial charge on any atom is 0.328 e. The Morgan fingerprint density at radius 3 is 2.91 bits per heavy atom. The molecule has 2 aliphatic heterocycles. The molecule has 0 saturated carbocycles. The number of fused-ring (bicyclic) bond motifs is 6. The maximum absolute atomic E-state index is 13.1. The van der Waals surface area contributed by atoms with E-state index in [1.54, 1.807) is 19.4 Å². The van der Waals surface area contributed by atoms with Crippen LogP contribution in [-0.2, 0) is 6.54 Å². The molecule has 0 bridgehead atoms. The zero-order valence-electron chi connectivity index (χ0n) is 19.3. The van der Waals surface area contributed by atoms with Crippen LogP contribution < -0.4 is 20.7 Å². The molecule has 5 heterocycles. The summed E-state index contributed by atoms with van der Waals surface area (Å²) in [6.45, 7) is 3.95. The molecule has 8 nitrogen and oxygen atoms in total. The third kappa shape index (κ3) is 3.82. The fourth-order valence-electron chi connectivity index (χ4n) is 5.45. The fourth-order valence-corrected chi connectivity index (χ4v) is 6.78. The summed E-state index contributed by atoms with van der Waals surface area (Å²) < 4.78 is 14.1. The van der Waals surface area contributed by atoms with Gasteiger partial charge in [0, 0.05) is 43.2 Å². The second-order valence-corrected chi connectivity index (χ2v) is 10.6. The highest BCUT2D eigenvalue weighted by Crippen LogP contribution is 2.46. The van der Waals surface area contributed by atoms with Gasteiger partial charge in [-0.15, -0.1) is 11.3 Å². The van der Waals surface area contributed by atoms with Gasteiger partial charge in [-0.25, -0.2) is 4.79 Å². The predicted molar refractivity (Wildman–Crippen MR) is 137 cm³/mol.